The molecule has 1 aromatic carbocycles. The number of aliphatic hydroxyl groups is 1. The van der Waals surface area contributed by atoms with Crippen molar-refractivity contribution in [1.82, 2.24) is 10.3 Å². The van der Waals surface area contributed by atoms with E-state index in [0.29, 0.717) is 24.9 Å². The Balaban J connectivity index is 1.74. The Bertz CT molecular complexity index is 1120. The van der Waals surface area contributed by atoms with Crippen LogP contribution in [0.2, 0.25) is 0 Å². The molecular formula is C23H28F3N3O5S. The molecule has 1 aliphatic rings. The number of nitrogens with zero attached hydrogens (tertiary/aromatic N) is 2. The van der Waals surface area contributed by atoms with E-state index in [1.807, 2.05) is 0 Å². The van der Waals surface area contributed by atoms with E-state index in [4.69, 9.17) is 0 Å². The van der Waals surface area contributed by atoms with Gasteiger partial charge in [0.15, 0.2) is 21.5 Å². The van der Waals surface area contributed by atoms with Gasteiger partial charge in [0.1, 0.15) is 0 Å². The highest BCUT2D eigenvalue weighted by molar-refractivity contribution is 7.91. The van der Waals surface area contributed by atoms with Crippen molar-refractivity contribution in [2.24, 2.45) is 0 Å². The first-order valence-electron chi connectivity index (χ1n) is 11.2. The van der Waals surface area contributed by atoms with Crippen LogP contribution >= 0.6 is 0 Å². The van der Waals surface area contributed by atoms with Crippen molar-refractivity contribution < 1.29 is 36.2 Å². The van der Waals surface area contributed by atoms with Gasteiger partial charge >= 0.3 is 6.61 Å². The summed E-state index contributed by atoms with van der Waals surface area (Å²) in [7, 11) is -3.38. The summed E-state index contributed by atoms with van der Waals surface area (Å²) >= 11 is 0. The predicted octanol–water partition coefficient (Wildman–Crippen LogP) is 3.08. The van der Waals surface area contributed by atoms with Crippen molar-refractivity contribution in [3.8, 4) is 0 Å². The Kier molecular flexibility index (Phi) is 9.09. The number of carbonyl (C=O) groups excluding carboxylic acids is 1. The Hall–Kier alpha value is -2.70. The number of benzene rings is 1. The highest BCUT2D eigenvalue weighted by Gasteiger charge is 2.29. The van der Waals surface area contributed by atoms with Gasteiger partial charge in [0.2, 0.25) is 0 Å². The minimum absolute atomic E-state index is 0.0402. The number of ether oxygens (including phenoxy) is 1. The van der Waals surface area contributed by atoms with E-state index >= 15 is 0 Å². The van der Waals surface area contributed by atoms with Crippen LogP contribution in [0.5, 0.6) is 0 Å². The maximum absolute atomic E-state index is 14.9. The number of amides is 1. The minimum Gasteiger partial charge on any atom is -0.396 e. The number of pyridine rings is 1. The van der Waals surface area contributed by atoms with Crippen LogP contribution in [-0.4, -0.2) is 62.6 Å². The van der Waals surface area contributed by atoms with Crippen molar-refractivity contribution in [1.29, 1.82) is 0 Å². The van der Waals surface area contributed by atoms with Gasteiger partial charge in [0, 0.05) is 19.3 Å². The molecule has 0 aliphatic carbocycles. The van der Waals surface area contributed by atoms with Crippen molar-refractivity contribution in [2.45, 2.75) is 49.8 Å². The number of alkyl halides is 2. The van der Waals surface area contributed by atoms with Gasteiger partial charge in [-0.05, 0) is 43.0 Å². The first-order chi connectivity index (χ1) is 16.7. The van der Waals surface area contributed by atoms with Gasteiger partial charge in [-0.2, -0.15) is 8.78 Å². The van der Waals surface area contributed by atoms with Crippen LogP contribution in [0, 0.1) is 5.82 Å². The maximum atomic E-state index is 14.9. The Labute approximate surface area is 202 Å². The molecule has 1 amide bonds. The SMILES string of the molecule is CCS(=O)(=O)c1ccc([C@H](CCO)NC(=O)c2cnc(N3CCC[C@H]3COC(F)F)c(F)c2)cc1. The molecule has 12 heteroatoms. The predicted molar refractivity (Wildman–Crippen MR) is 123 cm³/mol. The maximum Gasteiger partial charge on any atom is 0.345 e. The third kappa shape index (κ3) is 6.71. The quantitative estimate of drug-likeness (QED) is 0.474. The molecule has 1 aromatic heterocycles. The summed E-state index contributed by atoms with van der Waals surface area (Å²) < 4.78 is 68.1. The molecule has 0 unspecified atom stereocenters. The average Bonchev–Trinajstić information content (AvgIpc) is 3.30. The van der Waals surface area contributed by atoms with Crippen molar-refractivity contribution in [3.05, 3.63) is 53.5 Å². The second-order valence-corrected chi connectivity index (χ2v) is 10.4. The third-order valence-corrected chi connectivity index (χ3v) is 7.64. The number of nitrogens with one attached hydrogen (secondary N) is 1. The number of aromatic nitrogens is 1. The number of hydrogen-bond acceptors (Lipinski definition) is 7. The van der Waals surface area contributed by atoms with Crippen LogP contribution in [0.25, 0.3) is 0 Å². The molecule has 0 bridgehead atoms. The largest absolute Gasteiger partial charge is 0.396 e. The summed E-state index contributed by atoms with van der Waals surface area (Å²) in [5.74, 6) is -1.49. The summed E-state index contributed by atoms with van der Waals surface area (Å²) in [6.45, 7) is -1.46. The Morgan fingerprint density at radius 3 is 2.63 bits per heavy atom. The molecule has 1 aliphatic heterocycles. The molecule has 192 valence electrons. The number of halogens is 3. The van der Waals surface area contributed by atoms with Crippen LogP contribution in [0.4, 0.5) is 19.0 Å². The molecule has 2 atom stereocenters. The first-order valence-corrected chi connectivity index (χ1v) is 12.9. The zero-order valence-corrected chi connectivity index (χ0v) is 20.0. The minimum atomic E-state index is -3.38. The van der Waals surface area contributed by atoms with E-state index in [1.54, 1.807) is 17.0 Å². The number of aliphatic hydroxyl groups excluding tert-OH is 1. The highest BCUT2D eigenvalue weighted by atomic mass is 32.2. The van der Waals surface area contributed by atoms with Gasteiger partial charge < -0.3 is 20.1 Å². The van der Waals surface area contributed by atoms with Crippen molar-refractivity contribution in [3.63, 3.8) is 0 Å². The van der Waals surface area contributed by atoms with E-state index in [1.165, 1.54) is 25.3 Å². The van der Waals surface area contributed by atoms with E-state index in [2.05, 4.69) is 15.0 Å². The number of rotatable bonds is 11. The highest BCUT2D eigenvalue weighted by Crippen LogP contribution is 2.27. The second kappa shape index (κ2) is 11.8. The number of anilines is 1. The lowest BCUT2D eigenvalue weighted by molar-refractivity contribution is -0.131. The Morgan fingerprint density at radius 1 is 1.31 bits per heavy atom. The lowest BCUT2D eigenvalue weighted by Crippen LogP contribution is -2.35. The van der Waals surface area contributed by atoms with E-state index < -0.39 is 40.3 Å². The molecule has 0 spiro atoms. The van der Waals surface area contributed by atoms with Crippen molar-refractivity contribution >= 4 is 21.6 Å². The van der Waals surface area contributed by atoms with Crippen LogP contribution in [0.1, 0.15) is 48.1 Å². The van der Waals surface area contributed by atoms with E-state index in [-0.39, 0.29) is 41.7 Å². The summed E-state index contributed by atoms with van der Waals surface area (Å²) in [5.41, 5.74) is 0.519. The molecule has 1 saturated heterocycles. The molecule has 0 saturated carbocycles. The first kappa shape index (κ1) is 26.9. The summed E-state index contributed by atoms with van der Waals surface area (Å²) in [6, 6.07) is 5.91. The second-order valence-electron chi connectivity index (χ2n) is 8.12. The van der Waals surface area contributed by atoms with Gasteiger partial charge in [-0.15, -0.1) is 0 Å². The van der Waals surface area contributed by atoms with E-state index in [9.17, 15) is 31.5 Å². The number of sulfone groups is 1. The standard InChI is InChI=1S/C23H28F3N3O5S/c1-2-35(32,33)18-7-5-15(6-8-18)20(9-11-30)28-22(31)16-12-19(24)21(27-13-16)29-10-3-4-17(29)14-34-23(25)26/h5-8,12-13,17,20,23,30H,2-4,9-11,14H2,1H3,(H,28,31)/t17-,20-/m0/s1. The van der Waals surface area contributed by atoms with Crippen LogP contribution in [0.15, 0.2) is 41.4 Å². The van der Waals surface area contributed by atoms with Gasteiger partial charge in [-0.25, -0.2) is 17.8 Å². The fourth-order valence-corrected chi connectivity index (χ4v) is 4.89. The fourth-order valence-electron chi connectivity index (χ4n) is 4.00. The summed E-state index contributed by atoms with van der Waals surface area (Å²) in [4.78, 5) is 18.6. The van der Waals surface area contributed by atoms with Crippen LogP contribution < -0.4 is 10.2 Å². The monoisotopic (exact) mass is 515 g/mol. The molecule has 2 N–H and O–H groups in total. The number of carbonyl (C=O) groups is 1. The normalized spacial score (nSPS) is 17.1. The lowest BCUT2D eigenvalue weighted by atomic mass is 10.0. The molecule has 3 rings (SSSR count). The fraction of sp³-hybridized carbons (Fsp3) is 0.478. The van der Waals surface area contributed by atoms with Gasteiger partial charge in [-0.3, -0.25) is 4.79 Å². The summed E-state index contributed by atoms with van der Waals surface area (Å²) in [6.07, 6.45) is 2.57. The van der Waals surface area contributed by atoms with Crippen LogP contribution in [-0.2, 0) is 14.6 Å². The van der Waals surface area contributed by atoms with Gasteiger partial charge in [0.05, 0.1) is 34.9 Å². The molecule has 8 nitrogen and oxygen atoms in total. The average molecular weight is 516 g/mol. The molecule has 35 heavy (non-hydrogen) atoms. The molecule has 0 radical (unpaired) electrons. The Morgan fingerprint density at radius 2 is 2.03 bits per heavy atom. The van der Waals surface area contributed by atoms with Crippen molar-refractivity contribution in [2.75, 3.05) is 30.4 Å². The number of hydrogen-bond donors (Lipinski definition) is 2. The van der Waals surface area contributed by atoms with Crippen LogP contribution in [0.3, 0.4) is 0 Å². The lowest BCUT2D eigenvalue weighted by Gasteiger charge is -2.26. The van der Waals surface area contributed by atoms with E-state index in [0.717, 1.165) is 6.07 Å². The molecule has 2 heterocycles. The van der Waals surface area contributed by atoms with Gasteiger partial charge in [-0.1, -0.05) is 19.1 Å². The zero-order chi connectivity index (χ0) is 25.6. The smallest absolute Gasteiger partial charge is 0.345 e. The zero-order valence-electron chi connectivity index (χ0n) is 19.2. The van der Waals surface area contributed by atoms with Gasteiger partial charge in [0.25, 0.3) is 5.91 Å². The molecular weight excluding hydrogens is 487 g/mol. The molecule has 1 fully saturated rings. The third-order valence-electron chi connectivity index (χ3n) is 5.89. The topological polar surface area (TPSA) is 109 Å². The summed E-state index contributed by atoms with van der Waals surface area (Å²) in [5, 5.41) is 12.1. The molecule has 2 aromatic rings.